The lowest BCUT2D eigenvalue weighted by atomic mass is 10.2. The van der Waals surface area contributed by atoms with Crippen molar-refractivity contribution < 1.29 is 9.26 Å². The monoisotopic (exact) mass is 289 g/mol. The van der Waals surface area contributed by atoms with Crippen molar-refractivity contribution in [3.05, 3.63) is 65.7 Å². The van der Waals surface area contributed by atoms with Crippen LogP contribution in [-0.2, 0) is 10.3 Å². The van der Waals surface area contributed by atoms with Crippen LogP contribution in [0.1, 0.15) is 15.9 Å². The third-order valence-electron chi connectivity index (χ3n) is 2.63. The van der Waals surface area contributed by atoms with Crippen molar-refractivity contribution in [2.75, 3.05) is 0 Å². The van der Waals surface area contributed by atoms with Gasteiger partial charge < -0.3 is 9.44 Å². The van der Waals surface area contributed by atoms with E-state index in [0.717, 1.165) is 5.56 Å². The molecule has 96 valence electrons. The minimum Gasteiger partial charge on any atom is -0.353 e. The van der Waals surface area contributed by atoms with Gasteiger partial charge in [0.25, 0.3) is 0 Å². The number of carbonyl (C=O) groups excluding carboxylic acids is 1. The largest absolute Gasteiger partial charge is 0.435 e. The number of hydrogen-bond donors (Lipinski definition) is 1. The first-order valence-corrected chi connectivity index (χ1v) is 7.70. The Hall–Kier alpha value is -1.78. The van der Waals surface area contributed by atoms with E-state index in [0.29, 0.717) is 16.6 Å². The van der Waals surface area contributed by atoms with Crippen LogP contribution < -0.4 is 10.2 Å². The van der Waals surface area contributed by atoms with E-state index in [4.69, 9.17) is 11.6 Å². The number of halogens is 1. The van der Waals surface area contributed by atoms with E-state index < -0.39 is 8.84 Å². The molecule has 0 bridgehead atoms. The van der Waals surface area contributed by atoms with Gasteiger partial charge in [-0.1, -0.05) is 42.5 Å². The molecule has 1 N–H and O–H groups in total. The summed E-state index contributed by atoms with van der Waals surface area (Å²) in [5.74, 6) is 0.0864. The summed E-state index contributed by atoms with van der Waals surface area (Å²) < 4.78 is 12.0. The number of nitrogens with one attached hydrogen (secondary N) is 1. The Morgan fingerprint density at radius 3 is 2.26 bits per heavy atom. The van der Waals surface area contributed by atoms with Crippen molar-refractivity contribution in [1.82, 2.24) is 4.98 Å². The predicted molar refractivity (Wildman–Crippen MR) is 76.0 cm³/mol. The summed E-state index contributed by atoms with van der Waals surface area (Å²) in [6.07, 6.45) is 0. The van der Waals surface area contributed by atoms with Crippen LogP contribution in [0.5, 0.6) is 0 Å². The Labute approximate surface area is 118 Å². The lowest BCUT2D eigenvalue weighted by Crippen LogP contribution is -2.40. The Bertz CT molecular complexity index is 584. The van der Waals surface area contributed by atoms with E-state index in [1.807, 2.05) is 6.07 Å². The van der Waals surface area contributed by atoms with Gasteiger partial charge in [0.05, 0.1) is 0 Å². The highest BCUT2D eigenvalue weighted by molar-refractivity contribution is 6.60. The van der Waals surface area contributed by atoms with Crippen LogP contribution in [-0.4, -0.2) is 14.8 Å². The van der Waals surface area contributed by atoms with Crippen molar-refractivity contribution in [2.45, 2.75) is 5.88 Å². The topological polar surface area (TPSA) is 46.2 Å². The Kier molecular flexibility index (Phi) is 4.60. The summed E-state index contributed by atoms with van der Waals surface area (Å²) in [7, 11) is -2.33. The third kappa shape index (κ3) is 3.59. The average molecular weight is 290 g/mol. The van der Waals surface area contributed by atoms with Gasteiger partial charge in [-0.2, -0.15) is 0 Å². The fraction of sp³-hybridized carbons (Fsp3) is 0.0714. The van der Waals surface area contributed by atoms with Crippen LogP contribution in [0.2, 0.25) is 0 Å². The van der Waals surface area contributed by atoms with Gasteiger partial charge in [-0.15, -0.1) is 11.6 Å². The van der Waals surface area contributed by atoms with Crippen LogP contribution >= 0.6 is 11.6 Å². The van der Waals surface area contributed by atoms with Gasteiger partial charge in [0.15, 0.2) is 0 Å². The summed E-state index contributed by atoms with van der Waals surface area (Å²) in [6.45, 7) is 0. The van der Waals surface area contributed by atoms with Crippen LogP contribution in [0.4, 0.5) is 0 Å². The molecule has 2 aromatic rings. The van der Waals surface area contributed by atoms with Crippen molar-refractivity contribution >= 4 is 31.5 Å². The molecule has 0 aliphatic heterocycles. The van der Waals surface area contributed by atoms with Crippen LogP contribution in [0.15, 0.2) is 54.6 Å². The zero-order chi connectivity index (χ0) is 13.7. The molecule has 0 unspecified atom stereocenters. The number of amides is 1. The van der Waals surface area contributed by atoms with Crippen LogP contribution in [0.25, 0.3) is 0 Å². The molecule has 0 saturated heterocycles. The highest BCUT2D eigenvalue weighted by Gasteiger charge is 2.14. The normalized spacial score (nSPS) is 9.95. The molecule has 0 atom stereocenters. The molecule has 0 saturated carbocycles. The Morgan fingerprint density at radius 1 is 1.05 bits per heavy atom. The van der Waals surface area contributed by atoms with Crippen molar-refractivity contribution in [2.24, 2.45) is 0 Å². The van der Waals surface area contributed by atoms with Crippen LogP contribution in [0.3, 0.4) is 0 Å². The first-order chi connectivity index (χ1) is 9.20. The van der Waals surface area contributed by atoms with Gasteiger partial charge in [-0.25, -0.2) is 0 Å². The summed E-state index contributed by atoms with van der Waals surface area (Å²) in [5, 5.41) is 0.614. The lowest BCUT2D eigenvalue weighted by Gasteiger charge is -2.03. The number of benzene rings is 2. The summed E-state index contributed by atoms with van der Waals surface area (Å²) in [6, 6.07) is 15.8. The van der Waals surface area contributed by atoms with Crippen molar-refractivity contribution in [3.8, 4) is 0 Å². The molecule has 1 amide bonds. The fourth-order valence-corrected chi connectivity index (χ4v) is 2.72. The number of hydrogen-bond acceptors (Lipinski definition) is 2. The summed E-state index contributed by atoms with van der Waals surface area (Å²) >= 11 is 5.68. The van der Waals surface area contributed by atoms with Gasteiger partial charge >= 0.3 is 8.84 Å². The lowest BCUT2D eigenvalue weighted by molar-refractivity contribution is 0.0978. The number of alkyl halides is 1. The second kappa shape index (κ2) is 6.40. The van der Waals surface area contributed by atoms with Gasteiger partial charge in [0, 0.05) is 16.6 Å². The Balaban J connectivity index is 2.06. The molecular weight excluding hydrogens is 278 g/mol. The SMILES string of the molecule is O=C(N[Si](=O)c1ccc(CCl)cc1)c1ccccc1. The predicted octanol–water partition coefficient (Wildman–Crippen LogP) is 1.98. The van der Waals surface area contributed by atoms with E-state index in [-0.39, 0.29) is 5.91 Å². The van der Waals surface area contributed by atoms with Crippen molar-refractivity contribution in [3.63, 3.8) is 0 Å². The third-order valence-corrected chi connectivity index (χ3v) is 4.25. The molecule has 3 nitrogen and oxygen atoms in total. The molecule has 0 heterocycles. The summed E-state index contributed by atoms with van der Waals surface area (Å²) in [5.41, 5.74) is 1.45. The smallest absolute Gasteiger partial charge is 0.353 e. The maximum Gasteiger partial charge on any atom is 0.435 e. The number of rotatable bonds is 4. The summed E-state index contributed by atoms with van der Waals surface area (Å²) in [4.78, 5) is 14.4. The molecule has 2 aromatic carbocycles. The molecule has 2 rings (SSSR count). The van der Waals surface area contributed by atoms with E-state index in [2.05, 4.69) is 4.98 Å². The molecule has 0 spiro atoms. The minimum absolute atomic E-state index is 0.328. The van der Waals surface area contributed by atoms with Gasteiger partial charge in [0.2, 0.25) is 5.91 Å². The fourth-order valence-electron chi connectivity index (χ4n) is 1.58. The average Bonchev–Trinajstić information content (AvgIpc) is 2.48. The maximum atomic E-state index is 12.0. The number of carbonyl (C=O) groups is 1. The zero-order valence-electron chi connectivity index (χ0n) is 10.1. The highest BCUT2D eigenvalue weighted by atomic mass is 35.5. The standard InChI is InChI=1S/C14H12ClNO2Si/c15-10-11-6-8-13(9-7-11)19(18)16-14(17)12-4-2-1-3-5-12/h1-9H,10H2,(H,16,17). The van der Waals surface area contributed by atoms with E-state index >= 15 is 0 Å². The van der Waals surface area contributed by atoms with E-state index in [1.54, 1.807) is 48.5 Å². The molecule has 0 aromatic heterocycles. The maximum absolute atomic E-state index is 12.0. The van der Waals surface area contributed by atoms with Crippen molar-refractivity contribution in [1.29, 1.82) is 0 Å². The molecule has 0 aliphatic carbocycles. The Morgan fingerprint density at radius 2 is 1.68 bits per heavy atom. The molecule has 0 radical (unpaired) electrons. The molecule has 19 heavy (non-hydrogen) atoms. The molecule has 0 fully saturated rings. The molecule has 5 heteroatoms. The minimum atomic E-state index is -2.33. The molecular formula is C14H12ClNO2Si. The van der Waals surface area contributed by atoms with Gasteiger partial charge in [-0.3, -0.25) is 4.79 Å². The first-order valence-electron chi connectivity index (χ1n) is 5.76. The highest BCUT2D eigenvalue weighted by Crippen LogP contribution is 2.01. The van der Waals surface area contributed by atoms with E-state index in [1.165, 1.54) is 0 Å². The van der Waals surface area contributed by atoms with Crippen LogP contribution in [0, 0.1) is 0 Å². The second-order valence-electron chi connectivity index (χ2n) is 3.98. The second-order valence-corrected chi connectivity index (χ2v) is 5.73. The quantitative estimate of drug-likeness (QED) is 0.691. The molecule has 0 aliphatic rings. The zero-order valence-corrected chi connectivity index (χ0v) is 11.9. The van der Waals surface area contributed by atoms with E-state index in [9.17, 15) is 9.26 Å². The van der Waals surface area contributed by atoms with Gasteiger partial charge in [0.1, 0.15) is 0 Å². The first kappa shape index (κ1) is 13.6. The van der Waals surface area contributed by atoms with Gasteiger partial charge in [-0.05, 0) is 17.7 Å².